The zero-order chi connectivity index (χ0) is 14.9. The monoisotopic (exact) mass is 283 g/mol. The molecule has 0 saturated heterocycles. The van der Waals surface area contributed by atoms with E-state index in [9.17, 15) is 13.2 Å². The minimum absolute atomic E-state index is 0.276. The van der Waals surface area contributed by atoms with Gasteiger partial charge in [-0.1, -0.05) is 13.8 Å². The number of nitrogen functional groups attached to an aromatic ring is 1. The molecule has 0 fully saturated rings. The van der Waals surface area contributed by atoms with Crippen molar-refractivity contribution < 1.29 is 13.2 Å². The second-order valence-corrected chi connectivity index (χ2v) is 4.52. The van der Waals surface area contributed by atoms with Gasteiger partial charge < -0.3 is 5.73 Å². The average Bonchev–Trinajstić information content (AvgIpc) is 2.81. The van der Waals surface area contributed by atoms with E-state index in [2.05, 4.69) is 5.10 Å². The molecule has 0 radical (unpaired) electrons. The van der Waals surface area contributed by atoms with Crippen molar-refractivity contribution in [1.82, 2.24) is 9.78 Å². The van der Waals surface area contributed by atoms with Gasteiger partial charge in [-0.05, 0) is 37.1 Å². The predicted octanol–water partition coefficient (Wildman–Crippen LogP) is 3.60. The van der Waals surface area contributed by atoms with E-state index < -0.39 is 11.7 Å². The lowest BCUT2D eigenvalue weighted by molar-refractivity contribution is -0.136. The summed E-state index contributed by atoms with van der Waals surface area (Å²) in [6, 6.07) is 5.77. The predicted molar refractivity (Wildman–Crippen MR) is 71.7 cm³/mol. The van der Waals surface area contributed by atoms with Gasteiger partial charge in [0.15, 0.2) is 0 Å². The van der Waals surface area contributed by atoms with Crippen LogP contribution in [-0.4, -0.2) is 9.78 Å². The zero-order valence-electron chi connectivity index (χ0n) is 11.3. The molecule has 0 amide bonds. The molecule has 20 heavy (non-hydrogen) atoms. The zero-order valence-corrected chi connectivity index (χ0v) is 11.3. The van der Waals surface area contributed by atoms with Crippen molar-refractivity contribution in [2.75, 3.05) is 5.73 Å². The van der Waals surface area contributed by atoms with Gasteiger partial charge in [0.05, 0.1) is 16.9 Å². The summed E-state index contributed by atoms with van der Waals surface area (Å²) in [4.78, 5) is 0. The molecule has 1 aromatic heterocycles. The third kappa shape index (κ3) is 2.64. The van der Waals surface area contributed by atoms with Crippen molar-refractivity contribution >= 4 is 5.69 Å². The van der Waals surface area contributed by atoms with Crippen molar-refractivity contribution in [3.8, 4) is 5.69 Å². The summed E-state index contributed by atoms with van der Waals surface area (Å²) >= 11 is 0. The highest BCUT2D eigenvalue weighted by molar-refractivity contribution is 5.54. The maximum Gasteiger partial charge on any atom is 0.418 e. The van der Waals surface area contributed by atoms with E-state index in [4.69, 9.17) is 5.73 Å². The summed E-state index contributed by atoms with van der Waals surface area (Å²) in [5, 5.41) is 4.33. The first kappa shape index (κ1) is 14.4. The molecule has 1 aromatic carbocycles. The van der Waals surface area contributed by atoms with E-state index in [0.717, 1.165) is 23.9 Å². The minimum atomic E-state index is -4.47. The Bertz CT molecular complexity index is 615. The Kier molecular flexibility index (Phi) is 3.74. The second-order valence-electron chi connectivity index (χ2n) is 4.52. The van der Waals surface area contributed by atoms with Crippen molar-refractivity contribution in [3.63, 3.8) is 0 Å². The van der Waals surface area contributed by atoms with Gasteiger partial charge in [0.25, 0.3) is 0 Å². The number of aromatic nitrogens is 2. The number of alkyl halides is 3. The molecule has 1 heterocycles. The quantitative estimate of drug-likeness (QED) is 0.875. The molecule has 0 bridgehead atoms. The molecule has 0 aliphatic rings. The number of hydrogen-bond donors (Lipinski definition) is 1. The van der Waals surface area contributed by atoms with E-state index in [-0.39, 0.29) is 5.69 Å². The van der Waals surface area contributed by atoms with Crippen LogP contribution in [0, 0.1) is 0 Å². The first-order valence-electron chi connectivity index (χ1n) is 6.41. The lowest BCUT2D eigenvalue weighted by Crippen LogP contribution is -2.11. The Morgan fingerprint density at radius 2 is 1.85 bits per heavy atom. The molecular formula is C14H16F3N3. The summed E-state index contributed by atoms with van der Waals surface area (Å²) in [6.07, 6.45) is -3.03. The van der Waals surface area contributed by atoms with E-state index >= 15 is 0 Å². The van der Waals surface area contributed by atoms with Gasteiger partial charge in [-0.2, -0.15) is 18.3 Å². The summed E-state index contributed by atoms with van der Waals surface area (Å²) in [7, 11) is 0. The van der Waals surface area contributed by atoms with Gasteiger partial charge in [-0.15, -0.1) is 0 Å². The Labute approximate surface area is 115 Å². The lowest BCUT2D eigenvalue weighted by Gasteiger charge is -2.13. The molecule has 0 aliphatic heterocycles. The molecule has 0 spiro atoms. The van der Waals surface area contributed by atoms with Crippen molar-refractivity contribution in [3.05, 3.63) is 41.2 Å². The molecule has 2 N–H and O–H groups in total. The Morgan fingerprint density at radius 1 is 1.15 bits per heavy atom. The number of hydrogen-bond acceptors (Lipinski definition) is 2. The number of halogens is 3. The van der Waals surface area contributed by atoms with Crippen LogP contribution < -0.4 is 5.73 Å². The number of aryl methyl sites for hydroxylation is 2. The maximum atomic E-state index is 12.9. The molecule has 6 heteroatoms. The third-order valence-electron chi connectivity index (χ3n) is 3.15. The van der Waals surface area contributed by atoms with Gasteiger partial charge >= 0.3 is 6.18 Å². The van der Waals surface area contributed by atoms with Crippen molar-refractivity contribution in [1.29, 1.82) is 0 Å². The normalized spacial score (nSPS) is 11.8. The fourth-order valence-corrected chi connectivity index (χ4v) is 2.04. The van der Waals surface area contributed by atoms with Crippen LogP contribution >= 0.6 is 0 Å². The van der Waals surface area contributed by atoms with Gasteiger partial charge in [-0.3, -0.25) is 0 Å². The largest absolute Gasteiger partial charge is 0.418 e. The molecule has 2 aromatic rings. The van der Waals surface area contributed by atoms with E-state index in [1.54, 1.807) is 10.7 Å². The Balaban J connectivity index is 2.56. The van der Waals surface area contributed by atoms with Crippen LogP contribution in [0.15, 0.2) is 24.3 Å². The third-order valence-corrected chi connectivity index (χ3v) is 3.15. The average molecular weight is 283 g/mol. The van der Waals surface area contributed by atoms with Crippen LogP contribution in [0.3, 0.4) is 0 Å². The number of anilines is 1. The van der Waals surface area contributed by atoms with Crippen molar-refractivity contribution in [2.45, 2.75) is 32.9 Å². The highest BCUT2D eigenvalue weighted by Gasteiger charge is 2.33. The van der Waals surface area contributed by atoms with Gasteiger partial charge in [0, 0.05) is 11.4 Å². The standard InChI is InChI=1S/C14H16F3N3/c1-3-9-7-10(4-2)20(19-9)11-5-6-13(18)12(8-11)14(15,16)17/h5-8H,3-4,18H2,1-2H3. The summed E-state index contributed by atoms with van der Waals surface area (Å²) < 4.78 is 40.2. The summed E-state index contributed by atoms with van der Waals surface area (Å²) in [6.45, 7) is 3.89. The molecule has 2 rings (SSSR count). The highest BCUT2D eigenvalue weighted by atomic mass is 19.4. The molecular weight excluding hydrogens is 267 g/mol. The maximum absolute atomic E-state index is 12.9. The summed E-state index contributed by atoms with van der Waals surface area (Å²) in [5.74, 6) is 0. The van der Waals surface area contributed by atoms with Crippen molar-refractivity contribution in [2.24, 2.45) is 0 Å². The number of rotatable bonds is 3. The number of benzene rings is 1. The second kappa shape index (κ2) is 5.19. The van der Waals surface area contributed by atoms with Crippen LogP contribution in [0.4, 0.5) is 18.9 Å². The Morgan fingerprint density at radius 3 is 2.40 bits per heavy atom. The van der Waals surface area contributed by atoms with E-state index in [0.29, 0.717) is 12.1 Å². The number of nitrogens with two attached hydrogens (primary N) is 1. The smallest absolute Gasteiger partial charge is 0.398 e. The fourth-order valence-electron chi connectivity index (χ4n) is 2.04. The molecule has 0 saturated carbocycles. The van der Waals surface area contributed by atoms with Crippen LogP contribution in [0.2, 0.25) is 0 Å². The lowest BCUT2D eigenvalue weighted by atomic mass is 10.1. The highest BCUT2D eigenvalue weighted by Crippen LogP contribution is 2.34. The fraction of sp³-hybridized carbons (Fsp3) is 0.357. The van der Waals surface area contributed by atoms with Crippen LogP contribution in [0.25, 0.3) is 5.69 Å². The van der Waals surface area contributed by atoms with Crippen LogP contribution in [-0.2, 0) is 19.0 Å². The Hall–Kier alpha value is -1.98. The summed E-state index contributed by atoms with van der Waals surface area (Å²) in [5.41, 5.74) is 6.41. The SMILES string of the molecule is CCc1cc(CC)n(-c2ccc(N)c(C(F)(F)F)c2)n1. The van der Waals surface area contributed by atoms with E-state index in [1.165, 1.54) is 6.07 Å². The molecule has 3 nitrogen and oxygen atoms in total. The number of nitrogens with zero attached hydrogens (tertiary/aromatic N) is 2. The molecule has 0 aliphatic carbocycles. The van der Waals surface area contributed by atoms with Crippen LogP contribution in [0.5, 0.6) is 0 Å². The molecule has 108 valence electrons. The molecule has 0 unspecified atom stereocenters. The van der Waals surface area contributed by atoms with Gasteiger partial charge in [0.2, 0.25) is 0 Å². The van der Waals surface area contributed by atoms with Gasteiger partial charge in [-0.25, -0.2) is 4.68 Å². The topological polar surface area (TPSA) is 43.8 Å². The first-order valence-corrected chi connectivity index (χ1v) is 6.41. The van der Waals surface area contributed by atoms with Gasteiger partial charge in [0.1, 0.15) is 0 Å². The minimum Gasteiger partial charge on any atom is -0.398 e. The van der Waals surface area contributed by atoms with E-state index in [1.807, 2.05) is 19.9 Å². The van der Waals surface area contributed by atoms with Crippen LogP contribution in [0.1, 0.15) is 30.8 Å². The first-order chi connectivity index (χ1) is 9.36. The molecule has 0 atom stereocenters.